The van der Waals surface area contributed by atoms with Gasteiger partial charge in [-0.25, -0.2) is 0 Å². The average molecular weight is 524 g/mol. The van der Waals surface area contributed by atoms with E-state index in [9.17, 15) is 5.11 Å². The minimum atomic E-state index is -0.606. The van der Waals surface area contributed by atoms with E-state index in [1.165, 1.54) is 22.6 Å². The zero-order valence-electron chi connectivity index (χ0n) is 15.8. The first-order valence-electron chi connectivity index (χ1n) is 8.93. The number of hydrogen-bond acceptors (Lipinski definition) is 4. The Bertz CT molecular complexity index is 776. The molecule has 0 saturated heterocycles. The Hall–Kier alpha value is -0.840. The summed E-state index contributed by atoms with van der Waals surface area (Å²) in [6.45, 7) is 4.68. The zero-order valence-corrected chi connectivity index (χ0v) is 19.7. The molecule has 0 bridgehead atoms. The lowest BCUT2D eigenvalue weighted by atomic mass is 9.94. The second-order valence-electron chi connectivity index (χ2n) is 6.87. The van der Waals surface area contributed by atoms with E-state index in [2.05, 4.69) is 35.7 Å². The van der Waals surface area contributed by atoms with Gasteiger partial charge >= 0.3 is 0 Å². The van der Waals surface area contributed by atoms with Gasteiger partial charge in [0.2, 0.25) is 0 Å². The predicted molar refractivity (Wildman–Crippen MR) is 123 cm³/mol. The Balaban J connectivity index is 0.00000261. The van der Waals surface area contributed by atoms with Crippen LogP contribution in [0.4, 0.5) is 0 Å². The standard InChI is InChI=1S/C18H26ClN5OS.HI/c1-11(2)24-10-12-4-5-13(8-14(12)23-24)22-18(20-3)21-9-15(25)16-6-7-17(19)26-16;/h6-7,10-11,13,15,25H,4-5,8-9H2,1-3H3,(H2,20,21,22);1H. The first-order valence-corrected chi connectivity index (χ1v) is 10.1. The molecule has 0 radical (unpaired) electrons. The summed E-state index contributed by atoms with van der Waals surface area (Å²) < 4.78 is 2.73. The molecule has 0 spiro atoms. The normalized spacial score (nSPS) is 18.0. The summed E-state index contributed by atoms with van der Waals surface area (Å²) in [6, 6.07) is 4.32. The van der Waals surface area contributed by atoms with Gasteiger partial charge in [-0.2, -0.15) is 5.10 Å². The van der Waals surface area contributed by atoms with E-state index < -0.39 is 6.10 Å². The van der Waals surface area contributed by atoms with E-state index in [0.29, 0.717) is 22.9 Å². The number of nitrogens with zero attached hydrogens (tertiary/aromatic N) is 3. The largest absolute Gasteiger partial charge is 0.386 e. The fourth-order valence-electron chi connectivity index (χ4n) is 3.09. The average Bonchev–Trinajstić information content (AvgIpc) is 3.24. The van der Waals surface area contributed by atoms with E-state index in [1.807, 2.05) is 10.7 Å². The lowest BCUT2D eigenvalue weighted by Crippen LogP contribution is -2.46. The predicted octanol–water partition coefficient (Wildman–Crippen LogP) is 3.55. The topological polar surface area (TPSA) is 74.5 Å². The van der Waals surface area contributed by atoms with Crippen LogP contribution in [-0.2, 0) is 12.8 Å². The second kappa shape index (κ2) is 10.1. The quantitative estimate of drug-likeness (QED) is 0.318. The first-order chi connectivity index (χ1) is 12.5. The third-order valence-electron chi connectivity index (χ3n) is 4.58. The van der Waals surface area contributed by atoms with Gasteiger partial charge in [0.15, 0.2) is 5.96 Å². The third kappa shape index (κ3) is 5.82. The van der Waals surface area contributed by atoms with Crippen LogP contribution in [0.1, 0.15) is 48.5 Å². The van der Waals surface area contributed by atoms with Crippen molar-refractivity contribution in [2.24, 2.45) is 4.99 Å². The van der Waals surface area contributed by atoms with Crippen molar-refractivity contribution in [2.45, 2.75) is 51.3 Å². The molecule has 2 aromatic heterocycles. The number of thiophene rings is 1. The van der Waals surface area contributed by atoms with Crippen LogP contribution in [-0.4, -0.2) is 40.5 Å². The van der Waals surface area contributed by atoms with Gasteiger partial charge in [0.05, 0.1) is 10.0 Å². The molecule has 2 heterocycles. The maximum Gasteiger partial charge on any atom is 0.191 e. The van der Waals surface area contributed by atoms with Crippen molar-refractivity contribution in [2.75, 3.05) is 13.6 Å². The van der Waals surface area contributed by atoms with E-state index in [4.69, 9.17) is 16.7 Å². The summed E-state index contributed by atoms with van der Waals surface area (Å²) in [5.41, 5.74) is 2.52. The molecule has 1 aliphatic carbocycles. The van der Waals surface area contributed by atoms with Crippen molar-refractivity contribution in [1.82, 2.24) is 20.4 Å². The Labute approximate surface area is 186 Å². The number of halogens is 2. The van der Waals surface area contributed by atoms with E-state index in [0.717, 1.165) is 24.1 Å². The molecule has 0 amide bonds. The number of guanidine groups is 1. The lowest BCUT2D eigenvalue weighted by Gasteiger charge is -2.25. The fourth-order valence-corrected chi connectivity index (χ4v) is 4.14. The van der Waals surface area contributed by atoms with Crippen molar-refractivity contribution in [3.63, 3.8) is 0 Å². The Morgan fingerprint density at radius 3 is 2.89 bits per heavy atom. The molecular formula is C18H27ClIN5OS. The number of fused-ring (bicyclic) bond motifs is 1. The molecule has 6 nitrogen and oxygen atoms in total. The number of rotatable bonds is 5. The summed E-state index contributed by atoms with van der Waals surface area (Å²) in [7, 11) is 1.74. The monoisotopic (exact) mass is 523 g/mol. The van der Waals surface area contributed by atoms with Crippen LogP contribution in [0.2, 0.25) is 4.34 Å². The molecule has 2 aromatic rings. The van der Waals surface area contributed by atoms with Crippen molar-refractivity contribution >= 4 is 52.9 Å². The summed E-state index contributed by atoms with van der Waals surface area (Å²) >= 11 is 7.32. The van der Waals surface area contributed by atoms with Crippen molar-refractivity contribution < 1.29 is 5.11 Å². The van der Waals surface area contributed by atoms with Gasteiger partial charge in [-0.1, -0.05) is 11.6 Å². The Morgan fingerprint density at radius 1 is 1.48 bits per heavy atom. The van der Waals surface area contributed by atoms with E-state index in [1.54, 1.807) is 13.1 Å². The molecule has 27 heavy (non-hydrogen) atoms. The molecule has 2 unspecified atom stereocenters. The van der Waals surface area contributed by atoms with Gasteiger partial charge in [0.1, 0.15) is 6.10 Å². The van der Waals surface area contributed by atoms with Crippen LogP contribution >= 0.6 is 46.9 Å². The van der Waals surface area contributed by atoms with Gasteiger partial charge in [-0.15, -0.1) is 35.3 Å². The molecular weight excluding hydrogens is 497 g/mol. The number of aryl methyl sites for hydroxylation is 1. The minimum Gasteiger partial charge on any atom is -0.386 e. The molecule has 3 N–H and O–H groups in total. The summed E-state index contributed by atoms with van der Waals surface area (Å²) in [4.78, 5) is 5.12. The van der Waals surface area contributed by atoms with Gasteiger partial charge < -0.3 is 15.7 Å². The van der Waals surface area contributed by atoms with Crippen LogP contribution in [0.3, 0.4) is 0 Å². The van der Waals surface area contributed by atoms with Gasteiger partial charge in [-0.3, -0.25) is 9.67 Å². The number of aliphatic hydroxyl groups is 1. The molecule has 1 aliphatic rings. The van der Waals surface area contributed by atoms with Crippen LogP contribution in [0.25, 0.3) is 0 Å². The number of aliphatic hydroxyl groups excluding tert-OH is 1. The smallest absolute Gasteiger partial charge is 0.191 e. The highest BCUT2D eigenvalue weighted by atomic mass is 127. The molecule has 0 aliphatic heterocycles. The van der Waals surface area contributed by atoms with Crippen LogP contribution in [0, 0.1) is 0 Å². The summed E-state index contributed by atoms with van der Waals surface area (Å²) in [5, 5.41) is 21.6. The molecule has 2 atom stereocenters. The van der Waals surface area contributed by atoms with Gasteiger partial charge in [0.25, 0.3) is 0 Å². The number of aliphatic imine (C=N–C) groups is 1. The highest BCUT2D eigenvalue weighted by Crippen LogP contribution is 2.26. The summed E-state index contributed by atoms with van der Waals surface area (Å²) in [5.74, 6) is 0.698. The van der Waals surface area contributed by atoms with Crippen LogP contribution in [0.15, 0.2) is 23.3 Å². The molecule has 3 rings (SSSR count). The SMILES string of the molecule is CN=C(NCC(O)c1ccc(Cl)s1)NC1CCc2cn(C(C)C)nc2C1.I. The van der Waals surface area contributed by atoms with Gasteiger partial charge in [0, 0.05) is 43.2 Å². The highest BCUT2D eigenvalue weighted by Gasteiger charge is 2.23. The zero-order chi connectivity index (χ0) is 18.7. The third-order valence-corrected chi connectivity index (χ3v) is 5.91. The first kappa shape index (κ1) is 22.4. The Morgan fingerprint density at radius 2 is 2.26 bits per heavy atom. The maximum absolute atomic E-state index is 10.3. The molecule has 0 saturated carbocycles. The molecule has 0 fully saturated rings. The van der Waals surface area contributed by atoms with E-state index >= 15 is 0 Å². The summed E-state index contributed by atoms with van der Waals surface area (Å²) in [6.07, 6.45) is 4.52. The Kier molecular flexibility index (Phi) is 8.39. The molecule has 150 valence electrons. The number of nitrogens with one attached hydrogen (secondary N) is 2. The lowest BCUT2D eigenvalue weighted by molar-refractivity contribution is 0.184. The maximum atomic E-state index is 10.3. The fraction of sp³-hybridized carbons (Fsp3) is 0.556. The molecule has 9 heteroatoms. The van der Waals surface area contributed by atoms with Crippen LogP contribution in [0.5, 0.6) is 0 Å². The number of aromatic nitrogens is 2. The molecule has 0 aromatic carbocycles. The van der Waals surface area contributed by atoms with Crippen LogP contribution < -0.4 is 10.6 Å². The van der Waals surface area contributed by atoms with Crippen molar-refractivity contribution in [1.29, 1.82) is 0 Å². The van der Waals surface area contributed by atoms with Gasteiger partial charge in [-0.05, 0) is 44.4 Å². The number of hydrogen-bond donors (Lipinski definition) is 3. The minimum absolute atomic E-state index is 0. The highest BCUT2D eigenvalue weighted by molar-refractivity contribution is 14.0. The van der Waals surface area contributed by atoms with E-state index in [-0.39, 0.29) is 30.0 Å². The second-order valence-corrected chi connectivity index (χ2v) is 8.62. The van der Waals surface area contributed by atoms with Crippen molar-refractivity contribution in [3.05, 3.63) is 38.8 Å². The van der Waals surface area contributed by atoms with Crippen molar-refractivity contribution in [3.8, 4) is 0 Å².